The maximum Gasteiger partial charge on any atom is 0.282 e. The van der Waals surface area contributed by atoms with Crippen molar-refractivity contribution in [2.45, 2.75) is 32.8 Å². The van der Waals surface area contributed by atoms with Gasteiger partial charge in [0.2, 0.25) is 0 Å². The zero-order valence-corrected chi connectivity index (χ0v) is 21.8. The number of benzene rings is 3. The Morgan fingerprint density at radius 3 is 2.68 bits per heavy atom. The van der Waals surface area contributed by atoms with Crippen molar-refractivity contribution in [1.29, 1.82) is 0 Å². The van der Waals surface area contributed by atoms with E-state index in [2.05, 4.69) is 37.0 Å². The second-order valence-electron chi connectivity index (χ2n) is 7.87. The quantitative estimate of drug-likeness (QED) is 0.218. The van der Waals surface area contributed by atoms with Crippen LogP contribution in [0.3, 0.4) is 0 Å². The molecule has 0 spiro atoms. The monoisotopic (exact) mass is 585 g/mol. The fraction of sp³-hybridized carbons (Fsp3) is 0.192. The van der Waals surface area contributed by atoms with Crippen LogP contribution in [0, 0.1) is 5.82 Å². The Balaban J connectivity index is 1.63. The highest BCUT2D eigenvalue weighted by atomic mass is 79.9. The van der Waals surface area contributed by atoms with Gasteiger partial charge in [-0.15, -0.1) is 0 Å². The van der Waals surface area contributed by atoms with Crippen molar-refractivity contribution >= 4 is 49.0 Å². The molecule has 8 heteroatoms. The summed E-state index contributed by atoms with van der Waals surface area (Å²) < 4.78 is 22.5. The molecule has 0 radical (unpaired) electrons. The highest BCUT2D eigenvalue weighted by Gasteiger charge is 2.15. The Morgan fingerprint density at radius 2 is 1.94 bits per heavy atom. The third-order valence-electron chi connectivity index (χ3n) is 5.51. The van der Waals surface area contributed by atoms with Gasteiger partial charge in [-0.25, -0.2) is 9.37 Å². The Bertz CT molecular complexity index is 1440. The second-order valence-corrected chi connectivity index (χ2v) is 9.64. The van der Waals surface area contributed by atoms with Crippen LogP contribution in [0.25, 0.3) is 10.9 Å². The molecule has 0 bridgehead atoms. The summed E-state index contributed by atoms with van der Waals surface area (Å²) in [7, 11) is 0. The molecule has 174 valence electrons. The molecular weight excluding hydrogens is 565 g/mol. The predicted octanol–water partition coefficient (Wildman–Crippen LogP) is 7.04. The fourth-order valence-electron chi connectivity index (χ4n) is 3.39. The van der Waals surface area contributed by atoms with E-state index in [9.17, 15) is 9.18 Å². The van der Waals surface area contributed by atoms with Crippen LogP contribution in [0.2, 0.25) is 0 Å². The van der Waals surface area contributed by atoms with Crippen molar-refractivity contribution in [3.8, 4) is 5.75 Å². The number of nitrogens with zero attached hydrogens (tertiary/aromatic N) is 3. The lowest BCUT2D eigenvalue weighted by Gasteiger charge is -2.14. The molecule has 0 saturated heterocycles. The third-order valence-corrected chi connectivity index (χ3v) is 6.62. The minimum atomic E-state index is -0.305. The minimum absolute atomic E-state index is 0.0544. The van der Waals surface area contributed by atoms with Gasteiger partial charge in [0.25, 0.3) is 5.56 Å². The van der Waals surface area contributed by atoms with E-state index >= 15 is 0 Å². The Hall–Kier alpha value is -2.84. The van der Waals surface area contributed by atoms with E-state index in [1.165, 1.54) is 10.7 Å². The van der Waals surface area contributed by atoms with Gasteiger partial charge in [0.1, 0.15) is 24.0 Å². The zero-order valence-electron chi connectivity index (χ0n) is 18.6. The smallest absolute Gasteiger partial charge is 0.282 e. The molecule has 0 aliphatic carbocycles. The molecule has 4 aromatic rings. The first-order chi connectivity index (χ1) is 16.4. The maximum absolute atomic E-state index is 13.8. The maximum atomic E-state index is 13.8. The molecule has 4 rings (SSSR count). The van der Waals surface area contributed by atoms with E-state index < -0.39 is 0 Å². The Morgan fingerprint density at radius 1 is 1.15 bits per heavy atom. The summed E-state index contributed by atoms with van der Waals surface area (Å²) in [4.78, 5) is 18.0. The number of hydrogen-bond acceptors (Lipinski definition) is 4. The zero-order chi connectivity index (χ0) is 24.2. The van der Waals surface area contributed by atoms with Crippen LogP contribution in [0.5, 0.6) is 5.75 Å². The molecule has 1 heterocycles. The lowest BCUT2D eigenvalue weighted by atomic mass is 10.1. The molecule has 0 aliphatic heterocycles. The third kappa shape index (κ3) is 5.28. The first-order valence-corrected chi connectivity index (χ1v) is 12.4. The van der Waals surface area contributed by atoms with E-state index in [4.69, 9.17) is 9.72 Å². The topological polar surface area (TPSA) is 56.5 Å². The van der Waals surface area contributed by atoms with Crippen LogP contribution in [0.15, 0.2) is 79.5 Å². The van der Waals surface area contributed by atoms with Crippen molar-refractivity contribution in [2.75, 3.05) is 0 Å². The summed E-state index contributed by atoms with van der Waals surface area (Å²) in [5, 5.41) is 4.99. The van der Waals surface area contributed by atoms with Gasteiger partial charge in [-0.05, 0) is 70.4 Å². The van der Waals surface area contributed by atoms with Gasteiger partial charge in [-0.1, -0.05) is 48.0 Å². The first kappa shape index (κ1) is 24.3. The van der Waals surface area contributed by atoms with Crippen molar-refractivity contribution in [3.63, 3.8) is 0 Å². The van der Waals surface area contributed by atoms with Crippen LogP contribution in [0.1, 0.15) is 43.1 Å². The first-order valence-electron chi connectivity index (χ1n) is 10.8. The molecule has 0 unspecified atom stereocenters. The lowest BCUT2D eigenvalue weighted by molar-refractivity contribution is 0.298. The van der Waals surface area contributed by atoms with Crippen LogP contribution < -0.4 is 10.3 Å². The summed E-state index contributed by atoms with van der Waals surface area (Å²) in [5.41, 5.74) is 1.67. The van der Waals surface area contributed by atoms with E-state index in [-0.39, 0.29) is 23.9 Å². The molecule has 34 heavy (non-hydrogen) atoms. The summed E-state index contributed by atoms with van der Waals surface area (Å²) >= 11 is 6.92. The molecule has 0 N–H and O–H groups in total. The molecule has 5 nitrogen and oxygen atoms in total. The van der Waals surface area contributed by atoms with Crippen LogP contribution in [0.4, 0.5) is 4.39 Å². The van der Waals surface area contributed by atoms with Gasteiger partial charge in [-0.3, -0.25) is 4.79 Å². The average molecular weight is 587 g/mol. The summed E-state index contributed by atoms with van der Waals surface area (Å²) in [6.45, 7) is 4.19. The highest BCUT2D eigenvalue weighted by Crippen LogP contribution is 2.27. The predicted molar refractivity (Wildman–Crippen MR) is 140 cm³/mol. The van der Waals surface area contributed by atoms with Crippen molar-refractivity contribution in [1.82, 2.24) is 9.66 Å². The van der Waals surface area contributed by atoms with Crippen LogP contribution in [-0.2, 0) is 6.61 Å². The molecule has 1 atom stereocenters. The number of ether oxygens (including phenoxy) is 1. The minimum Gasteiger partial charge on any atom is -0.488 e. The van der Waals surface area contributed by atoms with Gasteiger partial charge in [-0.2, -0.15) is 9.78 Å². The van der Waals surface area contributed by atoms with Crippen molar-refractivity contribution < 1.29 is 9.13 Å². The average Bonchev–Trinajstić information content (AvgIpc) is 2.83. The van der Waals surface area contributed by atoms with Gasteiger partial charge in [0.05, 0.1) is 21.6 Å². The summed E-state index contributed by atoms with van der Waals surface area (Å²) in [6.07, 6.45) is 2.44. The largest absolute Gasteiger partial charge is 0.488 e. The van der Waals surface area contributed by atoms with Gasteiger partial charge in [0, 0.05) is 16.0 Å². The van der Waals surface area contributed by atoms with Gasteiger partial charge in [0.15, 0.2) is 0 Å². The second kappa shape index (κ2) is 10.6. The van der Waals surface area contributed by atoms with E-state index in [0.717, 1.165) is 16.5 Å². The van der Waals surface area contributed by atoms with Crippen LogP contribution >= 0.6 is 31.9 Å². The molecule has 0 fully saturated rings. The number of fused-ring (bicyclic) bond motifs is 1. The Labute approximate surface area is 213 Å². The Kier molecular flexibility index (Phi) is 7.58. The molecule has 0 amide bonds. The fourth-order valence-corrected chi connectivity index (χ4v) is 4.26. The molecular formula is C26H22Br2FN3O2. The van der Waals surface area contributed by atoms with E-state index in [1.54, 1.807) is 36.5 Å². The van der Waals surface area contributed by atoms with E-state index in [0.29, 0.717) is 32.5 Å². The standard InChI is InChI=1S/C26H22Br2FN3O2/c1-3-16(2)25-31-23-10-9-19(27)13-20(23)26(33)32(25)30-14-17-8-11-24(21(28)12-17)34-15-18-6-4-5-7-22(18)29/h4-14,16H,3,15H2,1-2H3/t16-/m1/s1. The summed E-state index contributed by atoms with van der Waals surface area (Å²) in [6, 6.07) is 17.4. The van der Waals surface area contributed by atoms with Gasteiger partial charge < -0.3 is 4.74 Å². The van der Waals surface area contributed by atoms with Gasteiger partial charge >= 0.3 is 0 Å². The molecule has 1 aromatic heterocycles. The SMILES string of the molecule is CC[C@@H](C)c1nc2ccc(Br)cc2c(=O)n1N=Cc1ccc(OCc2ccccc2F)c(Br)c1. The number of rotatable bonds is 7. The molecule has 3 aromatic carbocycles. The van der Waals surface area contributed by atoms with Crippen LogP contribution in [-0.4, -0.2) is 15.9 Å². The number of halogens is 3. The summed E-state index contributed by atoms with van der Waals surface area (Å²) in [5.74, 6) is 0.942. The normalized spacial score (nSPS) is 12.4. The van der Waals surface area contributed by atoms with Crippen molar-refractivity contribution in [2.24, 2.45) is 5.10 Å². The van der Waals surface area contributed by atoms with Crippen molar-refractivity contribution in [3.05, 3.63) is 103 Å². The molecule has 0 aliphatic rings. The highest BCUT2D eigenvalue weighted by molar-refractivity contribution is 9.10. The lowest BCUT2D eigenvalue weighted by Crippen LogP contribution is -2.23. The van der Waals surface area contributed by atoms with E-state index in [1.807, 2.05) is 38.1 Å². The molecule has 0 saturated carbocycles. The number of hydrogen-bond donors (Lipinski definition) is 0. The number of aromatic nitrogens is 2.